The summed E-state index contributed by atoms with van der Waals surface area (Å²) in [6.07, 6.45) is 0.110. The standard InChI is InChI=1S/C37H38ClNO11/c1-18-11-24(41)31(35(43)37(18)36(44)32-28(48-5)16-29(49-6)33(38)34(32)50-37)22(20-7-8-23(40)25(13-20)45-2)15-30(42)39-10-9-19-12-26(46-3)27(47-4)14-21(19)17-39/h7-8,12-14,16,18,22,40,43H,9-11,15,17H2,1-6H3. The summed E-state index contributed by atoms with van der Waals surface area (Å²) >= 11 is 6.62. The maximum Gasteiger partial charge on any atom is 0.231 e. The zero-order valence-electron chi connectivity index (χ0n) is 28.5. The Morgan fingerprint density at radius 3 is 2.20 bits per heavy atom. The van der Waals surface area contributed by atoms with Crippen molar-refractivity contribution in [3.8, 4) is 40.2 Å². The third kappa shape index (κ3) is 5.42. The molecule has 3 atom stereocenters. The number of carbonyl (C=O) groups excluding carboxylic acids is 3. The van der Waals surface area contributed by atoms with Gasteiger partial charge in [0.05, 0.1) is 35.5 Å². The fourth-order valence-electron chi connectivity index (χ4n) is 7.24. The van der Waals surface area contributed by atoms with Gasteiger partial charge in [0.15, 0.2) is 40.3 Å². The quantitative estimate of drug-likeness (QED) is 0.287. The van der Waals surface area contributed by atoms with Crippen molar-refractivity contribution in [3.63, 3.8) is 0 Å². The molecule has 1 amide bonds. The molecule has 3 aromatic rings. The molecule has 3 aromatic carbocycles. The highest BCUT2D eigenvalue weighted by Crippen LogP contribution is 2.56. The SMILES string of the molecule is COc1cc(C(CC(=O)N2CCc3cc(OC)c(OC)cc3C2)C2=C(O)C3(Oc4c(Cl)c(OC)cc(OC)c4C3=O)C(C)CC2=O)ccc1O. The largest absolute Gasteiger partial charge is 0.507 e. The second-order valence-corrected chi connectivity index (χ2v) is 12.9. The Hall–Kier alpha value is -5.10. The predicted octanol–water partition coefficient (Wildman–Crippen LogP) is 5.58. The number of ether oxygens (including phenoxy) is 6. The van der Waals surface area contributed by atoms with E-state index in [4.69, 9.17) is 40.0 Å². The average molecular weight is 708 g/mol. The Balaban J connectivity index is 1.45. The summed E-state index contributed by atoms with van der Waals surface area (Å²) in [6, 6.07) is 9.64. The third-order valence-electron chi connectivity index (χ3n) is 9.92. The van der Waals surface area contributed by atoms with Crippen LogP contribution >= 0.6 is 11.6 Å². The number of nitrogens with zero attached hydrogens (tertiary/aromatic N) is 1. The first-order valence-corrected chi connectivity index (χ1v) is 16.3. The smallest absolute Gasteiger partial charge is 0.231 e. The molecule has 6 rings (SSSR count). The molecule has 2 heterocycles. The summed E-state index contributed by atoms with van der Waals surface area (Å²) in [4.78, 5) is 44.3. The highest BCUT2D eigenvalue weighted by atomic mass is 35.5. The summed E-state index contributed by atoms with van der Waals surface area (Å²) in [5.41, 5.74) is 0.109. The van der Waals surface area contributed by atoms with Crippen LogP contribution in [-0.2, 0) is 22.6 Å². The summed E-state index contributed by atoms with van der Waals surface area (Å²) in [6.45, 7) is 2.30. The molecular formula is C37H38ClNO11. The number of carbonyl (C=O) groups is 3. The molecular weight excluding hydrogens is 670 g/mol. The Kier molecular flexibility index (Phi) is 9.25. The van der Waals surface area contributed by atoms with E-state index in [0.717, 1.165) is 11.1 Å². The van der Waals surface area contributed by atoms with E-state index in [1.165, 1.54) is 39.5 Å². The number of aromatic hydroxyl groups is 1. The average Bonchev–Trinajstić information content (AvgIpc) is 3.44. The maximum atomic E-state index is 14.4. The van der Waals surface area contributed by atoms with Gasteiger partial charge in [-0.2, -0.15) is 0 Å². The van der Waals surface area contributed by atoms with E-state index in [9.17, 15) is 24.6 Å². The van der Waals surface area contributed by atoms with E-state index in [1.54, 1.807) is 32.1 Å². The summed E-state index contributed by atoms with van der Waals surface area (Å²) in [5, 5.41) is 22.6. The summed E-state index contributed by atoms with van der Waals surface area (Å²) < 4.78 is 33.5. The van der Waals surface area contributed by atoms with Crippen LogP contribution in [-0.4, -0.2) is 80.3 Å². The van der Waals surface area contributed by atoms with Crippen LogP contribution in [0.2, 0.25) is 5.02 Å². The number of rotatable bonds is 9. The predicted molar refractivity (Wildman–Crippen MR) is 181 cm³/mol. The first-order valence-electron chi connectivity index (χ1n) is 16.0. The highest BCUT2D eigenvalue weighted by Gasteiger charge is 2.61. The van der Waals surface area contributed by atoms with Gasteiger partial charge in [-0.3, -0.25) is 14.4 Å². The first kappa shape index (κ1) is 34.8. The van der Waals surface area contributed by atoms with Crippen LogP contribution in [0.15, 0.2) is 47.7 Å². The summed E-state index contributed by atoms with van der Waals surface area (Å²) in [5.74, 6) is -2.59. The number of hydrogen-bond acceptors (Lipinski definition) is 11. The van der Waals surface area contributed by atoms with Crippen molar-refractivity contribution in [2.24, 2.45) is 5.92 Å². The van der Waals surface area contributed by atoms with Gasteiger partial charge in [0.25, 0.3) is 0 Å². The molecule has 0 aromatic heterocycles. The highest BCUT2D eigenvalue weighted by molar-refractivity contribution is 6.35. The number of fused-ring (bicyclic) bond motifs is 2. The maximum absolute atomic E-state index is 14.4. The lowest BCUT2D eigenvalue weighted by Crippen LogP contribution is -2.53. The molecule has 0 radical (unpaired) electrons. The van der Waals surface area contributed by atoms with E-state index in [1.807, 2.05) is 12.1 Å². The number of phenols is 1. The van der Waals surface area contributed by atoms with Crippen LogP contribution in [0.4, 0.5) is 0 Å². The number of phenolic OH excluding ortho intramolecular Hbond substituents is 1. The van der Waals surface area contributed by atoms with Crippen molar-refractivity contribution in [1.82, 2.24) is 4.90 Å². The number of amides is 1. The van der Waals surface area contributed by atoms with Crippen LogP contribution in [0.5, 0.6) is 40.2 Å². The van der Waals surface area contributed by atoms with E-state index in [2.05, 4.69) is 0 Å². The van der Waals surface area contributed by atoms with Gasteiger partial charge in [-0.05, 0) is 47.4 Å². The van der Waals surface area contributed by atoms with Gasteiger partial charge >= 0.3 is 0 Å². The fraction of sp³-hybridized carbons (Fsp3) is 0.378. The van der Waals surface area contributed by atoms with Gasteiger partial charge in [-0.25, -0.2) is 0 Å². The molecule has 264 valence electrons. The van der Waals surface area contributed by atoms with Crippen molar-refractivity contribution < 1.29 is 53.0 Å². The van der Waals surface area contributed by atoms with E-state index in [0.29, 0.717) is 30.0 Å². The summed E-state index contributed by atoms with van der Waals surface area (Å²) in [7, 11) is 7.26. The second kappa shape index (κ2) is 13.3. The number of halogens is 1. The third-order valence-corrected chi connectivity index (χ3v) is 10.3. The number of benzene rings is 3. The molecule has 0 fully saturated rings. The molecule has 0 saturated heterocycles. The molecule has 2 aliphatic heterocycles. The number of hydrogen-bond donors (Lipinski definition) is 2. The lowest BCUT2D eigenvalue weighted by Gasteiger charge is -2.39. The number of Topliss-reactive ketones (excluding diaryl/α,β-unsaturated/α-hetero) is 2. The number of aliphatic hydroxyl groups excluding tert-OH is 1. The zero-order valence-corrected chi connectivity index (χ0v) is 29.3. The van der Waals surface area contributed by atoms with E-state index < -0.39 is 34.8 Å². The zero-order chi connectivity index (χ0) is 36.1. The van der Waals surface area contributed by atoms with Crippen LogP contribution in [0.1, 0.15) is 52.7 Å². The van der Waals surface area contributed by atoms with Crippen molar-refractivity contribution in [2.45, 2.75) is 44.2 Å². The van der Waals surface area contributed by atoms with Crippen LogP contribution < -0.4 is 28.4 Å². The second-order valence-electron chi connectivity index (χ2n) is 12.5. The van der Waals surface area contributed by atoms with Gasteiger partial charge in [0.2, 0.25) is 17.3 Å². The molecule has 3 aliphatic rings. The molecule has 0 bridgehead atoms. The van der Waals surface area contributed by atoms with Crippen molar-refractivity contribution in [1.29, 1.82) is 0 Å². The van der Waals surface area contributed by atoms with Gasteiger partial charge in [0.1, 0.15) is 22.1 Å². The fourth-order valence-corrected chi connectivity index (χ4v) is 7.50. The minimum Gasteiger partial charge on any atom is -0.507 e. The molecule has 2 N–H and O–H groups in total. The van der Waals surface area contributed by atoms with Gasteiger partial charge in [0, 0.05) is 49.4 Å². The molecule has 1 aliphatic carbocycles. The monoisotopic (exact) mass is 707 g/mol. The van der Waals surface area contributed by atoms with Crippen molar-refractivity contribution in [3.05, 3.63) is 75.0 Å². The lowest BCUT2D eigenvalue weighted by atomic mass is 9.69. The Morgan fingerprint density at radius 2 is 1.56 bits per heavy atom. The molecule has 12 nitrogen and oxygen atoms in total. The number of ketones is 2. The lowest BCUT2D eigenvalue weighted by molar-refractivity contribution is -0.132. The van der Waals surface area contributed by atoms with E-state index in [-0.39, 0.29) is 70.2 Å². The van der Waals surface area contributed by atoms with Crippen LogP contribution in [0.25, 0.3) is 0 Å². The first-order chi connectivity index (χ1) is 23.9. The van der Waals surface area contributed by atoms with Crippen LogP contribution in [0, 0.1) is 5.92 Å². The Labute approximate surface area is 294 Å². The minimum absolute atomic E-state index is 0.00149. The number of allylic oxidation sites excluding steroid dienone is 1. The molecule has 1 spiro atoms. The molecule has 0 saturated carbocycles. The van der Waals surface area contributed by atoms with Crippen molar-refractivity contribution in [2.75, 3.05) is 42.1 Å². The van der Waals surface area contributed by atoms with E-state index >= 15 is 0 Å². The van der Waals surface area contributed by atoms with Gasteiger partial charge < -0.3 is 43.5 Å². The van der Waals surface area contributed by atoms with Gasteiger partial charge in [-0.1, -0.05) is 24.6 Å². The van der Waals surface area contributed by atoms with Crippen LogP contribution in [0.3, 0.4) is 0 Å². The number of methoxy groups -OCH3 is 5. The molecule has 3 unspecified atom stereocenters. The normalized spacial score (nSPS) is 20.2. The topological polar surface area (TPSA) is 150 Å². The Morgan fingerprint density at radius 1 is 0.920 bits per heavy atom. The van der Waals surface area contributed by atoms with Gasteiger partial charge in [-0.15, -0.1) is 0 Å². The Bertz CT molecular complexity index is 1940. The number of aliphatic hydroxyl groups is 1. The molecule has 13 heteroatoms. The van der Waals surface area contributed by atoms with Crippen molar-refractivity contribution >= 4 is 29.1 Å². The molecule has 50 heavy (non-hydrogen) atoms. The minimum atomic E-state index is -2.04.